The SMILES string of the molecule is COc1ccc(C2(C)NC(=O)N(CC(=O)NC(C)c3ccc(-n4ccnc4)cc3)C2=O)cc1. The van der Waals surface area contributed by atoms with E-state index in [2.05, 4.69) is 15.6 Å². The molecular weight excluding hydrogens is 422 g/mol. The summed E-state index contributed by atoms with van der Waals surface area (Å²) in [6.45, 7) is 3.10. The molecule has 0 aliphatic carbocycles. The van der Waals surface area contributed by atoms with Crippen LogP contribution in [0.3, 0.4) is 0 Å². The number of aromatic nitrogens is 2. The van der Waals surface area contributed by atoms with Crippen molar-refractivity contribution in [3.63, 3.8) is 0 Å². The molecule has 0 saturated carbocycles. The quantitative estimate of drug-likeness (QED) is 0.542. The summed E-state index contributed by atoms with van der Waals surface area (Å²) in [5.41, 5.74) is 1.20. The highest BCUT2D eigenvalue weighted by Gasteiger charge is 2.49. The second-order valence-electron chi connectivity index (χ2n) is 8.03. The molecule has 170 valence electrons. The van der Waals surface area contributed by atoms with Gasteiger partial charge in [-0.2, -0.15) is 0 Å². The van der Waals surface area contributed by atoms with Crippen LogP contribution in [-0.4, -0.2) is 46.0 Å². The number of carbonyl (C=O) groups excluding carboxylic acids is 3. The first kappa shape index (κ1) is 22.1. The number of hydrogen-bond acceptors (Lipinski definition) is 5. The second kappa shape index (κ2) is 8.78. The summed E-state index contributed by atoms with van der Waals surface area (Å²) >= 11 is 0. The van der Waals surface area contributed by atoms with E-state index in [1.54, 1.807) is 50.8 Å². The number of amides is 4. The van der Waals surface area contributed by atoms with Crippen LogP contribution in [-0.2, 0) is 15.1 Å². The van der Waals surface area contributed by atoms with Crippen molar-refractivity contribution in [2.24, 2.45) is 0 Å². The average molecular weight is 447 g/mol. The van der Waals surface area contributed by atoms with Gasteiger partial charge in [0.2, 0.25) is 5.91 Å². The number of hydrogen-bond donors (Lipinski definition) is 2. The normalized spacial score (nSPS) is 18.7. The molecule has 0 radical (unpaired) electrons. The minimum atomic E-state index is -1.25. The molecule has 9 heteroatoms. The summed E-state index contributed by atoms with van der Waals surface area (Å²) < 4.78 is 7.02. The molecule has 33 heavy (non-hydrogen) atoms. The lowest BCUT2D eigenvalue weighted by atomic mass is 9.92. The van der Waals surface area contributed by atoms with E-state index in [0.717, 1.165) is 16.2 Å². The first-order valence-electron chi connectivity index (χ1n) is 10.5. The summed E-state index contributed by atoms with van der Waals surface area (Å²) in [6, 6.07) is 13.6. The monoisotopic (exact) mass is 447 g/mol. The van der Waals surface area contributed by atoms with Crippen LogP contribution < -0.4 is 15.4 Å². The van der Waals surface area contributed by atoms with Gasteiger partial charge in [0.15, 0.2) is 0 Å². The zero-order valence-electron chi connectivity index (χ0n) is 18.6. The molecule has 2 unspecified atom stereocenters. The number of nitrogens with zero attached hydrogens (tertiary/aromatic N) is 3. The van der Waals surface area contributed by atoms with Crippen LogP contribution in [0.5, 0.6) is 5.75 Å². The van der Waals surface area contributed by atoms with E-state index < -0.39 is 23.4 Å². The Labute approximate surface area is 191 Å². The molecule has 0 bridgehead atoms. The van der Waals surface area contributed by atoms with Crippen molar-refractivity contribution in [3.05, 3.63) is 78.4 Å². The molecular formula is C24H25N5O4. The summed E-state index contributed by atoms with van der Waals surface area (Å²) in [5.74, 6) is -0.267. The van der Waals surface area contributed by atoms with Gasteiger partial charge in [-0.3, -0.25) is 14.5 Å². The Morgan fingerprint density at radius 1 is 1.15 bits per heavy atom. The molecule has 4 amide bonds. The summed E-state index contributed by atoms with van der Waals surface area (Å²) in [5, 5.41) is 5.56. The zero-order chi connectivity index (χ0) is 23.6. The number of imidazole rings is 1. The minimum absolute atomic E-state index is 0.303. The molecule has 1 aliphatic heterocycles. The van der Waals surface area contributed by atoms with Crippen LogP contribution >= 0.6 is 0 Å². The molecule has 2 heterocycles. The Kier molecular flexibility index (Phi) is 5.87. The maximum absolute atomic E-state index is 13.1. The van der Waals surface area contributed by atoms with Crippen molar-refractivity contribution < 1.29 is 19.1 Å². The van der Waals surface area contributed by atoms with Crippen molar-refractivity contribution in [1.29, 1.82) is 0 Å². The Morgan fingerprint density at radius 3 is 2.45 bits per heavy atom. The molecule has 2 aromatic carbocycles. The summed E-state index contributed by atoms with van der Waals surface area (Å²) in [4.78, 5) is 43.2. The van der Waals surface area contributed by atoms with Gasteiger partial charge < -0.3 is 19.9 Å². The number of rotatable bonds is 7. The lowest BCUT2D eigenvalue weighted by Crippen LogP contribution is -2.43. The molecule has 0 spiro atoms. The fourth-order valence-electron chi connectivity index (χ4n) is 3.82. The van der Waals surface area contributed by atoms with E-state index in [4.69, 9.17) is 4.74 Å². The van der Waals surface area contributed by atoms with Crippen molar-refractivity contribution >= 4 is 17.8 Å². The fraction of sp³-hybridized carbons (Fsp3) is 0.250. The summed E-state index contributed by atoms with van der Waals surface area (Å²) in [6.07, 6.45) is 5.25. The number of nitrogens with one attached hydrogen (secondary N) is 2. The number of ether oxygens (including phenoxy) is 1. The van der Waals surface area contributed by atoms with Gasteiger partial charge in [0, 0.05) is 18.1 Å². The molecule has 1 aromatic heterocycles. The lowest BCUT2D eigenvalue weighted by molar-refractivity contribution is -0.135. The van der Waals surface area contributed by atoms with Gasteiger partial charge in [-0.15, -0.1) is 0 Å². The van der Waals surface area contributed by atoms with Crippen LogP contribution in [0, 0.1) is 0 Å². The Balaban J connectivity index is 1.40. The molecule has 1 fully saturated rings. The van der Waals surface area contributed by atoms with Gasteiger partial charge in [0.25, 0.3) is 5.91 Å². The molecule has 2 atom stereocenters. The molecule has 1 aliphatic rings. The third-order valence-corrected chi connectivity index (χ3v) is 5.82. The van der Waals surface area contributed by atoms with E-state index in [-0.39, 0.29) is 12.6 Å². The third kappa shape index (κ3) is 4.30. The van der Waals surface area contributed by atoms with Crippen LogP contribution in [0.4, 0.5) is 4.79 Å². The molecule has 4 rings (SSSR count). The minimum Gasteiger partial charge on any atom is -0.497 e. The van der Waals surface area contributed by atoms with Gasteiger partial charge in [-0.1, -0.05) is 24.3 Å². The fourth-order valence-corrected chi connectivity index (χ4v) is 3.82. The number of benzene rings is 2. The maximum Gasteiger partial charge on any atom is 0.325 e. The molecule has 3 aromatic rings. The van der Waals surface area contributed by atoms with Crippen LogP contribution in [0.1, 0.15) is 31.0 Å². The van der Waals surface area contributed by atoms with E-state index in [1.807, 2.05) is 42.0 Å². The van der Waals surface area contributed by atoms with Gasteiger partial charge in [0.05, 0.1) is 19.5 Å². The third-order valence-electron chi connectivity index (χ3n) is 5.82. The van der Waals surface area contributed by atoms with Crippen molar-refractivity contribution in [2.75, 3.05) is 13.7 Å². The lowest BCUT2D eigenvalue weighted by Gasteiger charge is -2.22. The van der Waals surface area contributed by atoms with Gasteiger partial charge in [-0.05, 0) is 49.2 Å². The van der Waals surface area contributed by atoms with E-state index in [1.165, 1.54) is 0 Å². The standard InChI is InChI=1S/C24H25N5O4/c1-16(17-4-8-19(9-5-17)28-13-12-25-15-28)26-21(30)14-29-22(31)24(2,27-23(29)32)18-6-10-20(33-3)11-7-18/h4-13,15-16H,14H2,1-3H3,(H,26,30)(H,27,32). The number of imide groups is 1. The predicted molar refractivity (Wildman–Crippen MR) is 121 cm³/mol. The molecule has 9 nitrogen and oxygen atoms in total. The van der Waals surface area contributed by atoms with Crippen LogP contribution in [0.15, 0.2) is 67.3 Å². The Bertz CT molecular complexity index is 1160. The molecule has 1 saturated heterocycles. The summed E-state index contributed by atoms with van der Waals surface area (Å²) in [7, 11) is 1.55. The number of urea groups is 1. The predicted octanol–water partition coefficient (Wildman–Crippen LogP) is 2.53. The zero-order valence-corrected chi connectivity index (χ0v) is 18.6. The van der Waals surface area contributed by atoms with E-state index in [0.29, 0.717) is 11.3 Å². The largest absolute Gasteiger partial charge is 0.497 e. The van der Waals surface area contributed by atoms with Gasteiger partial charge in [0.1, 0.15) is 17.8 Å². The second-order valence-corrected chi connectivity index (χ2v) is 8.03. The van der Waals surface area contributed by atoms with Crippen LogP contribution in [0.25, 0.3) is 5.69 Å². The van der Waals surface area contributed by atoms with Gasteiger partial charge >= 0.3 is 6.03 Å². The highest BCUT2D eigenvalue weighted by Crippen LogP contribution is 2.30. The topological polar surface area (TPSA) is 106 Å². The average Bonchev–Trinajstić information content (AvgIpc) is 3.43. The van der Waals surface area contributed by atoms with Crippen molar-refractivity contribution in [3.8, 4) is 11.4 Å². The smallest absolute Gasteiger partial charge is 0.325 e. The van der Waals surface area contributed by atoms with Crippen molar-refractivity contribution in [2.45, 2.75) is 25.4 Å². The highest BCUT2D eigenvalue weighted by atomic mass is 16.5. The number of methoxy groups -OCH3 is 1. The maximum atomic E-state index is 13.1. The Morgan fingerprint density at radius 2 is 1.85 bits per heavy atom. The van der Waals surface area contributed by atoms with E-state index in [9.17, 15) is 14.4 Å². The first-order chi connectivity index (χ1) is 15.8. The first-order valence-corrected chi connectivity index (χ1v) is 10.5. The number of carbonyl (C=O) groups is 3. The Hall–Kier alpha value is -4.14. The van der Waals surface area contributed by atoms with Gasteiger partial charge in [-0.25, -0.2) is 9.78 Å². The van der Waals surface area contributed by atoms with E-state index >= 15 is 0 Å². The van der Waals surface area contributed by atoms with Crippen molar-refractivity contribution in [1.82, 2.24) is 25.1 Å². The van der Waals surface area contributed by atoms with Crippen LogP contribution in [0.2, 0.25) is 0 Å². The molecule has 2 N–H and O–H groups in total. The highest BCUT2D eigenvalue weighted by molar-refractivity contribution is 6.09.